The molecule has 0 bridgehead atoms. The van der Waals surface area contributed by atoms with Crippen LogP contribution in [0.1, 0.15) is 31.4 Å². The second-order valence-electron chi connectivity index (χ2n) is 5.42. The fourth-order valence-electron chi connectivity index (χ4n) is 2.66. The Kier molecular flexibility index (Phi) is 4.38. The summed E-state index contributed by atoms with van der Waals surface area (Å²) in [6.07, 6.45) is 1.82. The van der Waals surface area contributed by atoms with Crippen molar-refractivity contribution >= 4 is 0 Å². The molecule has 1 saturated heterocycles. The zero-order valence-electron chi connectivity index (χ0n) is 11.3. The number of hydrogen-bond donors (Lipinski definition) is 1. The molecule has 1 aromatic carbocycles. The molecule has 2 rings (SSSR count). The van der Waals surface area contributed by atoms with Crippen LogP contribution in [0.15, 0.2) is 30.3 Å². The molecule has 1 aliphatic rings. The maximum absolute atomic E-state index is 10.2. The van der Waals surface area contributed by atoms with Crippen molar-refractivity contribution in [1.82, 2.24) is 4.90 Å². The first-order valence-electron chi connectivity index (χ1n) is 6.63. The summed E-state index contributed by atoms with van der Waals surface area (Å²) in [5.41, 5.74) is 0.927. The predicted molar refractivity (Wildman–Crippen MR) is 72.5 cm³/mol. The van der Waals surface area contributed by atoms with Gasteiger partial charge in [-0.3, -0.25) is 4.90 Å². The molecular weight excluding hydrogens is 226 g/mol. The first-order valence-corrected chi connectivity index (χ1v) is 6.63. The molecule has 2 unspecified atom stereocenters. The van der Waals surface area contributed by atoms with Crippen molar-refractivity contribution < 1.29 is 9.84 Å². The highest BCUT2D eigenvalue weighted by Crippen LogP contribution is 2.25. The number of nitrogens with zero attached hydrogens (tertiary/aromatic N) is 1. The van der Waals surface area contributed by atoms with E-state index in [1.54, 1.807) is 7.11 Å². The Labute approximate surface area is 109 Å². The minimum atomic E-state index is -0.412. The van der Waals surface area contributed by atoms with Gasteiger partial charge < -0.3 is 9.84 Å². The predicted octanol–water partition coefficient (Wildman–Crippen LogP) is 2.22. The van der Waals surface area contributed by atoms with Crippen LogP contribution in [-0.4, -0.2) is 42.4 Å². The molecular formula is C15H23NO2. The van der Waals surface area contributed by atoms with Crippen LogP contribution in [0.25, 0.3) is 0 Å². The molecule has 2 atom stereocenters. The average molecular weight is 249 g/mol. The van der Waals surface area contributed by atoms with E-state index in [-0.39, 0.29) is 5.60 Å². The highest BCUT2D eigenvalue weighted by molar-refractivity contribution is 5.17. The SMILES string of the molecule is COC1(C)CCCN(CC(O)c2ccccc2)C1. The third kappa shape index (κ3) is 3.31. The van der Waals surface area contributed by atoms with E-state index < -0.39 is 6.10 Å². The normalized spacial score (nSPS) is 27.1. The number of aliphatic hydroxyl groups is 1. The Morgan fingerprint density at radius 2 is 2.11 bits per heavy atom. The van der Waals surface area contributed by atoms with Crippen molar-refractivity contribution in [3.8, 4) is 0 Å². The third-order valence-corrected chi connectivity index (χ3v) is 3.85. The number of aliphatic hydroxyl groups excluding tert-OH is 1. The standard InChI is InChI=1S/C15H23NO2/c1-15(18-2)9-6-10-16(12-15)11-14(17)13-7-4-3-5-8-13/h3-5,7-8,14,17H,6,9-12H2,1-2H3. The number of hydrogen-bond acceptors (Lipinski definition) is 3. The van der Waals surface area contributed by atoms with Crippen LogP contribution >= 0.6 is 0 Å². The number of β-amino-alcohol motifs (C(OH)–C–C–N with tert-alkyl or cyclic N) is 1. The minimum Gasteiger partial charge on any atom is -0.387 e. The molecule has 0 spiro atoms. The fourth-order valence-corrected chi connectivity index (χ4v) is 2.66. The van der Waals surface area contributed by atoms with E-state index in [2.05, 4.69) is 11.8 Å². The lowest BCUT2D eigenvalue weighted by atomic mass is 9.94. The smallest absolute Gasteiger partial charge is 0.0916 e. The zero-order valence-corrected chi connectivity index (χ0v) is 11.3. The number of likely N-dealkylation sites (tertiary alicyclic amines) is 1. The fraction of sp³-hybridized carbons (Fsp3) is 0.600. The average Bonchev–Trinajstić information content (AvgIpc) is 2.40. The van der Waals surface area contributed by atoms with Gasteiger partial charge in [0.05, 0.1) is 11.7 Å². The Hall–Kier alpha value is -0.900. The second-order valence-corrected chi connectivity index (χ2v) is 5.42. The third-order valence-electron chi connectivity index (χ3n) is 3.85. The number of ether oxygens (including phenoxy) is 1. The Balaban J connectivity index is 1.93. The van der Waals surface area contributed by atoms with Gasteiger partial charge in [0.15, 0.2) is 0 Å². The summed E-state index contributed by atoms with van der Waals surface area (Å²) in [4.78, 5) is 2.30. The van der Waals surface area contributed by atoms with Gasteiger partial charge in [-0.05, 0) is 31.9 Å². The van der Waals surface area contributed by atoms with Crippen LogP contribution in [0.5, 0.6) is 0 Å². The molecule has 1 aliphatic heterocycles. The Bertz CT molecular complexity index is 368. The molecule has 0 amide bonds. The van der Waals surface area contributed by atoms with Crippen molar-refractivity contribution in [2.75, 3.05) is 26.7 Å². The summed E-state index contributed by atoms with van der Waals surface area (Å²) in [5.74, 6) is 0. The van der Waals surface area contributed by atoms with Crippen LogP contribution in [0.3, 0.4) is 0 Å². The lowest BCUT2D eigenvalue weighted by molar-refractivity contribution is -0.0586. The summed E-state index contributed by atoms with van der Waals surface area (Å²) < 4.78 is 5.57. The van der Waals surface area contributed by atoms with E-state index in [1.165, 1.54) is 0 Å². The van der Waals surface area contributed by atoms with Gasteiger partial charge in [0.25, 0.3) is 0 Å². The highest BCUT2D eigenvalue weighted by atomic mass is 16.5. The maximum atomic E-state index is 10.2. The van der Waals surface area contributed by atoms with Gasteiger partial charge in [0, 0.05) is 20.2 Å². The number of piperidine rings is 1. The molecule has 100 valence electrons. The molecule has 0 aromatic heterocycles. The lowest BCUT2D eigenvalue weighted by Crippen LogP contribution is -2.48. The van der Waals surface area contributed by atoms with Crippen LogP contribution < -0.4 is 0 Å². The van der Waals surface area contributed by atoms with Gasteiger partial charge in [-0.25, -0.2) is 0 Å². The minimum absolute atomic E-state index is 0.0609. The van der Waals surface area contributed by atoms with E-state index >= 15 is 0 Å². The Morgan fingerprint density at radius 3 is 2.78 bits per heavy atom. The van der Waals surface area contributed by atoms with Gasteiger partial charge in [-0.15, -0.1) is 0 Å². The first kappa shape index (κ1) is 13.5. The van der Waals surface area contributed by atoms with Gasteiger partial charge in [0.2, 0.25) is 0 Å². The van der Waals surface area contributed by atoms with Crippen molar-refractivity contribution in [2.45, 2.75) is 31.5 Å². The van der Waals surface area contributed by atoms with Crippen molar-refractivity contribution in [3.05, 3.63) is 35.9 Å². The van der Waals surface area contributed by atoms with E-state index in [0.29, 0.717) is 6.54 Å². The zero-order chi connectivity index (χ0) is 13.0. The topological polar surface area (TPSA) is 32.7 Å². The van der Waals surface area contributed by atoms with E-state index in [1.807, 2.05) is 30.3 Å². The molecule has 0 aliphatic carbocycles. The number of benzene rings is 1. The second kappa shape index (κ2) is 5.83. The van der Waals surface area contributed by atoms with Crippen molar-refractivity contribution in [2.24, 2.45) is 0 Å². The quantitative estimate of drug-likeness (QED) is 0.888. The van der Waals surface area contributed by atoms with E-state index in [9.17, 15) is 5.11 Å². The highest BCUT2D eigenvalue weighted by Gasteiger charge is 2.31. The molecule has 1 N–H and O–H groups in total. The lowest BCUT2D eigenvalue weighted by Gasteiger charge is -2.40. The Morgan fingerprint density at radius 1 is 1.39 bits per heavy atom. The summed E-state index contributed by atoms with van der Waals surface area (Å²) in [6.45, 7) is 4.77. The van der Waals surface area contributed by atoms with E-state index in [4.69, 9.17) is 4.74 Å². The van der Waals surface area contributed by atoms with Crippen LogP contribution in [0.4, 0.5) is 0 Å². The molecule has 1 heterocycles. The van der Waals surface area contributed by atoms with Gasteiger partial charge in [-0.2, -0.15) is 0 Å². The molecule has 1 aromatic rings. The van der Waals surface area contributed by atoms with Crippen LogP contribution in [0.2, 0.25) is 0 Å². The van der Waals surface area contributed by atoms with Crippen molar-refractivity contribution in [3.63, 3.8) is 0 Å². The van der Waals surface area contributed by atoms with Gasteiger partial charge >= 0.3 is 0 Å². The molecule has 3 heteroatoms. The van der Waals surface area contributed by atoms with Gasteiger partial charge in [-0.1, -0.05) is 30.3 Å². The largest absolute Gasteiger partial charge is 0.387 e. The molecule has 3 nitrogen and oxygen atoms in total. The monoisotopic (exact) mass is 249 g/mol. The van der Waals surface area contributed by atoms with Crippen LogP contribution in [0, 0.1) is 0 Å². The summed E-state index contributed by atoms with van der Waals surface area (Å²) in [7, 11) is 1.77. The summed E-state index contributed by atoms with van der Waals surface area (Å²) >= 11 is 0. The molecule has 18 heavy (non-hydrogen) atoms. The maximum Gasteiger partial charge on any atom is 0.0916 e. The van der Waals surface area contributed by atoms with Crippen molar-refractivity contribution in [1.29, 1.82) is 0 Å². The number of methoxy groups -OCH3 is 1. The number of rotatable bonds is 4. The summed E-state index contributed by atoms with van der Waals surface area (Å²) in [6, 6.07) is 9.86. The van der Waals surface area contributed by atoms with E-state index in [0.717, 1.165) is 31.5 Å². The molecule has 0 saturated carbocycles. The summed E-state index contributed by atoms with van der Waals surface area (Å²) in [5, 5.41) is 10.2. The first-order chi connectivity index (χ1) is 8.63. The molecule has 1 fully saturated rings. The molecule has 0 radical (unpaired) electrons. The van der Waals surface area contributed by atoms with Gasteiger partial charge in [0.1, 0.15) is 0 Å². The van der Waals surface area contributed by atoms with Crippen LogP contribution in [-0.2, 0) is 4.74 Å².